The zero-order valence-corrected chi connectivity index (χ0v) is 10.5. The largest absolute Gasteiger partial charge is 0.480 e. The van der Waals surface area contributed by atoms with Crippen LogP contribution in [0.1, 0.15) is 6.42 Å². The number of nitrogens with zero attached hydrogens (tertiary/aromatic N) is 3. The fourth-order valence-electron chi connectivity index (χ4n) is 1.31. The molecule has 1 aromatic heterocycles. The Morgan fingerprint density at radius 1 is 1.55 bits per heavy atom. The minimum absolute atomic E-state index is 0.106. The van der Waals surface area contributed by atoms with E-state index in [4.69, 9.17) is 9.84 Å². The van der Waals surface area contributed by atoms with Gasteiger partial charge in [0.1, 0.15) is 12.8 Å². The van der Waals surface area contributed by atoms with Crippen LogP contribution in [0.5, 0.6) is 0 Å². The van der Waals surface area contributed by atoms with Gasteiger partial charge in [0.15, 0.2) is 0 Å². The first kappa shape index (κ1) is 15.6. The SMILES string of the molecule is O=C(O)COCCNC(=O)CCn1cnc([N+](=O)[O-])c1. The maximum atomic E-state index is 11.4. The van der Waals surface area contributed by atoms with E-state index in [2.05, 4.69) is 10.3 Å². The number of aryl methyl sites for hydroxylation is 1. The Balaban J connectivity index is 2.16. The normalized spacial score (nSPS) is 10.2. The van der Waals surface area contributed by atoms with Crippen LogP contribution in [-0.2, 0) is 20.9 Å². The zero-order valence-electron chi connectivity index (χ0n) is 10.5. The van der Waals surface area contributed by atoms with Crippen LogP contribution in [0, 0.1) is 10.1 Å². The van der Waals surface area contributed by atoms with Gasteiger partial charge in [0.2, 0.25) is 12.2 Å². The highest BCUT2D eigenvalue weighted by molar-refractivity contribution is 5.75. The number of carboxylic acids is 1. The minimum atomic E-state index is -1.07. The molecule has 110 valence electrons. The summed E-state index contributed by atoms with van der Waals surface area (Å²) in [6.45, 7) is 0.169. The third-order valence-electron chi connectivity index (χ3n) is 2.20. The highest BCUT2D eigenvalue weighted by Crippen LogP contribution is 2.05. The first-order valence-electron chi connectivity index (χ1n) is 5.71. The van der Waals surface area contributed by atoms with E-state index in [1.54, 1.807) is 0 Å². The second-order valence-corrected chi connectivity index (χ2v) is 3.77. The summed E-state index contributed by atoms with van der Waals surface area (Å²) in [5.41, 5.74) is 0. The van der Waals surface area contributed by atoms with Crippen LogP contribution in [0.25, 0.3) is 0 Å². The van der Waals surface area contributed by atoms with Crippen LogP contribution < -0.4 is 5.32 Å². The molecule has 1 rings (SSSR count). The van der Waals surface area contributed by atoms with Crippen molar-refractivity contribution in [3.05, 3.63) is 22.6 Å². The van der Waals surface area contributed by atoms with E-state index >= 15 is 0 Å². The van der Waals surface area contributed by atoms with Gasteiger partial charge in [0, 0.05) is 19.5 Å². The summed E-state index contributed by atoms with van der Waals surface area (Å²) < 4.78 is 6.18. The Morgan fingerprint density at radius 2 is 2.30 bits per heavy atom. The number of carbonyl (C=O) groups excluding carboxylic acids is 1. The Labute approximate surface area is 113 Å². The van der Waals surface area contributed by atoms with E-state index in [0.29, 0.717) is 0 Å². The average molecular weight is 286 g/mol. The predicted molar refractivity (Wildman–Crippen MR) is 65.0 cm³/mol. The van der Waals surface area contributed by atoms with Gasteiger partial charge in [0.25, 0.3) is 0 Å². The molecule has 0 unspecified atom stereocenters. The number of rotatable bonds is 9. The number of nitrogens with one attached hydrogen (secondary N) is 1. The van der Waals surface area contributed by atoms with Gasteiger partial charge in [-0.25, -0.2) is 4.79 Å². The molecule has 0 saturated carbocycles. The van der Waals surface area contributed by atoms with E-state index in [1.807, 2.05) is 0 Å². The van der Waals surface area contributed by atoms with Gasteiger partial charge in [-0.15, -0.1) is 0 Å². The van der Waals surface area contributed by atoms with Crippen molar-refractivity contribution in [3.63, 3.8) is 0 Å². The van der Waals surface area contributed by atoms with Gasteiger partial charge in [0.05, 0.1) is 6.61 Å². The van der Waals surface area contributed by atoms with E-state index in [1.165, 1.54) is 17.1 Å². The summed E-state index contributed by atoms with van der Waals surface area (Å²) in [4.78, 5) is 34.9. The number of carbonyl (C=O) groups is 2. The lowest BCUT2D eigenvalue weighted by atomic mass is 10.4. The van der Waals surface area contributed by atoms with E-state index in [0.717, 1.165) is 0 Å². The average Bonchev–Trinajstić information content (AvgIpc) is 2.84. The van der Waals surface area contributed by atoms with Gasteiger partial charge in [-0.05, 0) is 9.91 Å². The molecule has 0 fully saturated rings. The molecule has 20 heavy (non-hydrogen) atoms. The monoisotopic (exact) mass is 286 g/mol. The summed E-state index contributed by atoms with van der Waals surface area (Å²) in [6, 6.07) is 0. The molecule has 0 atom stereocenters. The molecular weight excluding hydrogens is 272 g/mol. The standard InChI is InChI=1S/C10H14N4O6/c15-9(11-2-4-20-6-10(16)17)1-3-13-5-8(12-7-13)14(18)19/h5,7H,1-4,6H2,(H,11,15)(H,16,17). The maximum absolute atomic E-state index is 11.4. The second-order valence-electron chi connectivity index (χ2n) is 3.77. The van der Waals surface area contributed by atoms with Crippen molar-refractivity contribution >= 4 is 17.7 Å². The second kappa shape index (κ2) is 7.84. The minimum Gasteiger partial charge on any atom is -0.480 e. The first-order valence-corrected chi connectivity index (χ1v) is 5.71. The summed E-state index contributed by atoms with van der Waals surface area (Å²) in [7, 11) is 0. The summed E-state index contributed by atoms with van der Waals surface area (Å²) in [6.07, 6.45) is 2.65. The lowest BCUT2D eigenvalue weighted by molar-refractivity contribution is -0.389. The molecule has 0 aliphatic rings. The van der Waals surface area contributed by atoms with E-state index in [-0.39, 0.29) is 37.8 Å². The molecular formula is C10H14N4O6. The van der Waals surface area contributed by atoms with Crippen LogP contribution in [0.2, 0.25) is 0 Å². The predicted octanol–water partition coefficient (Wildman–Crippen LogP) is -0.601. The topological polar surface area (TPSA) is 137 Å². The van der Waals surface area contributed by atoms with Gasteiger partial charge in [-0.3, -0.25) is 4.79 Å². The summed E-state index contributed by atoms with van der Waals surface area (Å²) >= 11 is 0. The van der Waals surface area contributed by atoms with Crippen LogP contribution in [-0.4, -0.2) is 51.2 Å². The van der Waals surface area contributed by atoms with Crippen LogP contribution in [0.15, 0.2) is 12.5 Å². The molecule has 1 aromatic rings. The molecule has 2 N–H and O–H groups in total. The van der Waals surface area contributed by atoms with Crippen molar-refractivity contribution in [3.8, 4) is 0 Å². The van der Waals surface area contributed by atoms with Crippen molar-refractivity contribution in [2.75, 3.05) is 19.8 Å². The fourth-order valence-corrected chi connectivity index (χ4v) is 1.31. The van der Waals surface area contributed by atoms with Gasteiger partial charge < -0.3 is 29.8 Å². The third-order valence-corrected chi connectivity index (χ3v) is 2.20. The number of ether oxygens (including phenoxy) is 1. The molecule has 1 amide bonds. The van der Waals surface area contributed by atoms with Crippen molar-refractivity contribution in [1.29, 1.82) is 0 Å². The lowest BCUT2D eigenvalue weighted by Gasteiger charge is -2.05. The molecule has 0 radical (unpaired) electrons. The molecule has 10 heteroatoms. The van der Waals surface area contributed by atoms with E-state index < -0.39 is 17.5 Å². The van der Waals surface area contributed by atoms with Gasteiger partial charge >= 0.3 is 11.8 Å². The van der Waals surface area contributed by atoms with Gasteiger partial charge in [-0.2, -0.15) is 0 Å². The van der Waals surface area contributed by atoms with Crippen LogP contribution >= 0.6 is 0 Å². The molecule has 0 aliphatic carbocycles. The molecule has 0 spiro atoms. The molecule has 0 saturated heterocycles. The number of carboxylic acid groups (broad SMARTS) is 1. The number of hydrogen-bond acceptors (Lipinski definition) is 6. The number of imidazole rings is 1. The summed E-state index contributed by atoms with van der Waals surface area (Å²) in [5, 5.41) is 21.2. The van der Waals surface area contributed by atoms with Crippen molar-refractivity contribution in [1.82, 2.24) is 14.9 Å². The Kier molecular flexibility index (Phi) is 6.10. The number of aromatic nitrogens is 2. The summed E-state index contributed by atoms with van der Waals surface area (Å²) in [5.74, 6) is -1.61. The Hall–Kier alpha value is -2.49. The Morgan fingerprint density at radius 3 is 2.90 bits per heavy atom. The molecule has 1 heterocycles. The van der Waals surface area contributed by atoms with Crippen molar-refractivity contribution in [2.45, 2.75) is 13.0 Å². The van der Waals surface area contributed by atoms with Crippen LogP contribution in [0.4, 0.5) is 5.82 Å². The van der Waals surface area contributed by atoms with Crippen molar-refractivity contribution in [2.24, 2.45) is 0 Å². The van der Waals surface area contributed by atoms with Crippen LogP contribution in [0.3, 0.4) is 0 Å². The molecule has 0 bridgehead atoms. The zero-order chi connectivity index (χ0) is 15.0. The molecule has 0 aromatic carbocycles. The highest BCUT2D eigenvalue weighted by Gasteiger charge is 2.10. The third kappa shape index (κ3) is 5.91. The quantitative estimate of drug-likeness (QED) is 0.351. The first-order chi connectivity index (χ1) is 9.49. The smallest absolute Gasteiger partial charge is 0.381 e. The van der Waals surface area contributed by atoms with Gasteiger partial charge in [-0.1, -0.05) is 0 Å². The molecule has 0 aliphatic heterocycles. The lowest BCUT2D eigenvalue weighted by Crippen LogP contribution is -2.28. The number of amides is 1. The van der Waals surface area contributed by atoms with E-state index in [9.17, 15) is 19.7 Å². The fraction of sp³-hybridized carbons (Fsp3) is 0.500. The maximum Gasteiger partial charge on any atom is 0.381 e. The highest BCUT2D eigenvalue weighted by atomic mass is 16.6. The Bertz CT molecular complexity index is 486. The number of hydrogen-bond donors (Lipinski definition) is 2. The number of nitro groups is 1. The van der Waals surface area contributed by atoms with Crippen molar-refractivity contribution < 1.29 is 24.4 Å². The molecule has 10 nitrogen and oxygen atoms in total. The number of aliphatic carboxylic acids is 1.